The minimum atomic E-state index is -0.584. The summed E-state index contributed by atoms with van der Waals surface area (Å²) in [6.45, 7) is 7.27. The van der Waals surface area contributed by atoms with E-state index in [1.54, 1.807) is 44.9 Å². The molecule has 12 nitrogen and oxygen atoms in total. The van der Waals surface area contributed by atoms with Gasteiger partial charge >= 0.3 is 12.1 Å². The van der Waals surface area contributed by atoms with Crippen molar-refractivity contribution < 1.29 is 33.1 Å². The summed E-state index contributed by atoms with van der Waals surface area (Å²) in [5.74, 6) is -0.256. The van der Waals surface area contributed by atoms with Gasteiger partial charge in [-0.05, 0) is 63.2 Å². The van der Waals surface area contributed by atoms with E-state index in [1.807, 2.05) is 6.92 Å². The fourth-order valence-corrected chi connectivity index (χ4v) is 4.56. The van der Waals surface area contributed by atoms with Crippen LogP contribution in [-0.4, -0.2) is 76.9 Å². The molecule has 5 amide bonds. The van der Waals surface area contributed by atoms with E-state index < -0.39 is 24.0 Å². The number of benzene rings is 2. The SMILES string of the molecule is Cc1noc(C)c1NC(=O)N(C)C[C@@H]1Oc2ccc(NC(=O)Nc3ccc(F)cc3)cc2C(=O)N([C@@H](C)CO)C[C@@H]1C. The zero-order valence-corrected chi connectivity index (χ0v) is 24.1. The average Bonchev–Trinajstić information content (AvgIpc) is 3.27. The van der Waals surface area contributed by atoms with E-state index in [4.69, 9.17) is 9.26 Å². The lowest BCUT2D eigenvalue weighted by molar-refractivity contribution is 0.0371. The number of aromatic nitrogens is 1. The van der Waals surface area contributed by atoms with Gasteiger partial charge in [-0.3, -0.25) is 4.79 Å². The molecule has 0 radical (unpaired) electrons. The Balaban J connectivity index is 1.55. The smallest absolute Gasteiger partial charge is 0.323 e. The second-order valence-electron chi connectivity index (χ2n) is 10.4. The van der Waals surface area contributed by atoms with E-state index in [-0.39, 0.29) is 48.9 Å². The first-order valence-electron chi connectivity index (χ1n) is 13.5. The lowest BCUT2D eigenvalue weighted by Gasteiger charge is -2.38. The molecule has 0 spiro atoms. The van der Waals surface area contributed by atoms with Crippen LogP contribution in [0.1, 0.15) is 35.7 Å². The van der Waals surface area contributed by atoms with Gasteiger partial charge < -0.3 is 40.1 Å². The van der Waals surface area contributed by atoms with Crippen LogP contribution in [0.5, 0.6) is 5.75 Å². The Morgan fingerprint density at radius 1 is 1.14 bits per heavy atom. The van der Waals surface area contributed by atoms with Crippen LogP contribution in [0.3, 0.4) is 0 Å². The van der Waals surface area contributed by atoms with Crippen LogP contribution >= 0.6 is 0 Å². The number of carbonyl (C=O) groups is 3. The van der Waals surface area contributed by atoms with Gasteiger partial charge in [-0.1, -0.05) is 12.1 Å². The molecule has 2 heterocycles. The third-order valence-electron chi connectivity index (χ3n) is 7.09. The number of ether oxygens (including phenoxy) is 1. The minimum Gasteiger partial charge on any atom is -0.487 e. The van der Waals surface area contributed by atoms with Crippen LogP contribution in [0, 0.1) is 25.6 Å². The predicted molar refractivity (Wildman–Crippen MR) is 154 cm³/mol. The fourth-order valence-electron chi connectivity index (χ4n) is 4.56. The lowest BCUT2D eigenvalue weighted by atomic mass is 9.99. The molecule has 224 valence electrons. The minimum absolute atomic E-state index is 0.186. The summed E-state index contributed by atoms with van der Waals surface area (Å²) < 4.78 is 24.6. The number of amides is 5. The Labute approximate surface area is 242 Å². The maximum absolute atomic E-state index is 13.7. The van der Waals surface area contributed by atoms with Gasteiger partial charge in [0.05, 0.1) is 24.8 Å². The van der Waals surface area contributed by atoms with Gasteiger partial charge in [-0.25, -0.2) is 14.0 Å². The average molecular weight is 583 g/mol. The molecular formula is C29H35FN6O6. The Morgan fingerprint density at radius 2 is 1.81 bits per heavy atom. The number of nitrogens with zero attached hydrogens (tertiary/aromatic N) is 3. The monoisotopic (exact) mass is 582 g/mol. The van der Waals surface area contributed by atoms with Crippen molar-refractivity contribution in [2.24, 2.45) is 5.92 Å². The molecule has 1 aliphatic heterocycles. The summed E-state index contributed by atoms with van der Waals surface area (Å²) in [6, 6.07) is 8.51. The third-order valence-corrected chi connectivity index (χ3v) is 7.09. The lowest BCUT2D eigenvalue weighted by Crippen LogP contribution is -2.50. The first-order chi connectivity index (χ1) is 20.0. The van der Waals surface area contributed by atoms with Gasteiger partial charge in [0.1, 0.15) is 29.1 Å². The molecular weight excluding hydrogens is 547 g/mol. The predicted octanol–water partition coefficient (Wildman–Crippen LogP) is 4.46. The normalized spacial score (nSPS) is 17.3. The highest BCUT2D eigenvalue weighted by Gasteiger charge is 2.34. The summed E-state index contributed by atoms with van der Waals surface area (Å²) in [6.07, 6.45) is -0.522. The van der Waals surface area contributed by atoms with Crippen molar-refractivity contribution in [3.05, 3.63) is 65.3 Å². The molecule has 1 aliphatic rings. The van der Waals surface area contributed by atoms with Gasteiger partial charge in [-0.15, -0.1) is 0 Å². The molecule has 2 aromatic carbocycles. The van der Waals surface area contributed by atoms with Crippen LogP contribution in [0.4, 0.5) is 31.0 Å². The van der Waals surface area contributed by atoms with Crippen molar-refractivity contribution >= 4 is 35.0 Å². The number of aliphatic hydroxyl groups is 1. The molecule has 3 aromatic rings. The summed E-state index contributed by atoms with van der Waals surface area (Å²) >= 11 is 0. The van der Waals surface area contributed by atoms with Crippen molar-refractivity contribution in [3.63, 3.8) is 0 Å². The van der Waals surface area contributed by atoms with Crippen LogP contribution in [0.15, 0.2) is 47.0 Å². The number of urea groups is 2. The zero-order chi connectivity index (χ0) is 30.6. The standard InChI is InChI=1S/C29H35FN6O6/c1-16-13-36(17(2)15-37)27(38)23-12-22(32-28(39)31-21-8-6-20(30)7-9-21)10-11-24(23)41-25(16)14-35(5)29(40)33-26-18(3)34-42-19(26)4/h6-12,16-17,25,37H,13-15H2,1-5H3,(H,33,40)(H2,31,32,39)/t16-,17-,25-/m0/s1. The largest absolute Gasteiger partial charge is 0.487 e. The van der Waals surface area contributed by atoms with Gasteiger partial charge in [0.15, 0.2) is 5.76 Å². The van der Waals surface area contributed by atoms with Crippen molar-refractivity contribution in [1.82, 2.24) is 15.0 Å². The first-order valence-corrected chi connectivity index (χ1v) is 13.5. The maximum atomic E-state index is 13.7. The maximum Gasteiger partial charge on any atom is 0.323 e. The highest BCUT2D eigenvalue weighted by atomic mass is 19.1. The number of aliphatic hydroxyl groups excluding tert-OH is 1. The highest BCUT2D eigenvalue weighted by Crippen LogP contribution is 2.31. The van der Waals surface area contributed by atoms with Gasteiger partial charge in [0, 0.05) is 30.9 Å². The number of anilines is 3. The zero-order valence-electron chi connectivity index (χ0n) is 24.1. The highest BCUT2D eigenvalue weighted by molar-refractivity contribution is 6.02. The molecule has 0 saturated heterocycles. The molecule has 0 bridgehead atoms. The van der Waals surface area contributed by atoms with Crippen molar-refractivity contribution in [3.8, 4) is 5.75 Å². The molecule has 1 aromatic heterocycles. The van der Waals surface area contributed by atoms with Gasteiger partial charge in [0.25, 0.3) is 5.91 Å². The summed E-state index contributed by atoms with van der Waals surface area (Å²) in [7, 11) is 1.63. The Bertz CT molecular complexity index is 1430. The number of nitrogens with one attached hydrogen (secondary N) is 3. The number of fused-ring (bicyclic) bond motifs is 1. The molecule has 4 N–H and O–H groups in total. The summed E-state index contributed by atoms with van der Waals surface area (Å²) in [4.78, 5) is 42.2. The van der Waals surface area contributed by atoms with E-state index in [0.717, 1.165) is 0 Å². The Hall–Kier alpha value is -4.65. The molecule has 42 heavy (non-hydrogen) atoms. The fraction of sp³-hybridized carbons (Fsp3) is 0.379. The van der Waals surface area contributed by atoms with Crippen molar-refractivity contribution in [2.45, 2.75) is 39.8 Å². The summed E-state index contributed by atoms with van der Waals surface area (Å²) in [5, 5.41) is 21.8. The first kappa shape index (κ1) is 30.3. The molecule has 0 saturated carbocycles. The van der Waals surface area contributed by atoms with Gasteiger partial charge in [-0.2, -0.15) is 0 Å². The number of hydrogen-bond acceptors (Lipinski definition) is 7. The van der Waals surface area contributed by atoms with E-state index in [2.05, 4.69) is 21.1 Å². The number of halogens is 1. The molecule has 13 heteroatoms. The molecule has 0 fully saturated rings. The van der Waals surface area contributed by atoms with Crippen molar-refractivity contribution in [1.29, 1.82) is 0 Å². The summed E-state index contributed by atoms with van der Waals surface area (Å²) in [5.41, 5.74) is 1.96. The second kappa shape index (κ2) is 12.9. The number of aryl methyl sites for hydroxylation is 2. The third kappa shape index (κ3) is 6.97. The molecule has 3 atom stereocenters. The van der Waals surface area contributed by atoms with E-state index in [0.29, 0.717) is 28.5 Å². The van der Waals surface area contributed by atoms with Crippen LogP contribution < -0.4 is 20.7 Å². The number of likely N-dealkylation sites (N-methyl/N-ethyl adjacent to an activating group) is 1. The topological polar surface area (TPSA) is 149 Å². The van der Waals surface area contributed by atoms with Crippen LogP contribution in [0.2, 0.25) is 0 Å². The quantitative estimate of drug-likeness (QED) is 0.321. The van der Waals surface area contributed by atoms with E-state index >= 15 is 0 Å². The van der Waals surface area contributed by atoms with E-state index in [1.165, 1.54) is 35.2 Å². The van der Waals surface area contributed by atoms with E-state index in [9.17, 15) is 23.9 Å². The molecule has 0 aliphatic carbocycles. The Kier molecular flexibility index (Phi) is 9.31. The van der Waals surface area contributed by atoms with Crippen LogP contribution in [0.25, 0.3) is 0 Å². The second-order valence-corrected chi connectivity index (χ2v) is 10.4. The van der Waals surface area contributed by atoms with Crippen LogP contribution in [-0.2, 0) is 0 Å². The Morgan fingerprint density at radius 3 is 2.45 bits per heavy atom. The number of carbonyl (C=O) groups excluding carboxylic acids is 3. The van der Waals surface area contributed by atoms with Gasteiger partial charge in [0.2, 0.25) is 0 Å². The van der Waals surface area contributed by atoms with Crippen molar-refractivity contribution in [2.75, 3.05) is 42.7 Å². The molecule has 0 unspecified atom stereocenters. The number of rotatable bonds is 7. The molecule has 4 rings (SSSR count). The number of hydrogen-bond donors (Lipinski definition) is 4.